The van der Waals surface area contributed by atoms with Gasteiger partial charge in [0, 0.05) is 19.2 Å². The van der Waals surface area contributed by atoms with Crippen LogP contribution in [0.15, 0.2) is 40.9 Å². The van der Waals surface area contributed by atoms with Crippen LogP contribution in [-0.4, -0.2) is 28.2 Å². The Balaban J connectivity index is 1.53. The fourth-order valence-corrected chi connectivity index (χ4v) is 2.69. The van der Waals surface area contributed by atoms with E-state index in [0.29, 0.717) is 25.4 Å². The Kier molecular flexibility index (Phi) is 4.41. The van der Waals surface area contributed by atoms with Crippen molar-refractivity contribution in [3.8, 4) is 0 Å². The van der Waals surface area contributed by atoms with Gasteiger partial charge in [-0.1, -0.05) is 6.07 Å². The Morgan fingerprint density at radius 1 is 1.39 bits per heavy atom. The number of pyridine rings is 1. The molecule has 0 saturated carbocycles. The first kappa shape index (κ1) is 15.3. The molecule has 1 saturated heterocycles. The molecule has 1 aliphatic heterocycles. The van der Waals surface area contributed by atoms with E-state index in [-0.39, 0.29) is 24.2 Å². The van der Waals surface area contributed by atoms with Gasteiger partial charge in [-0.25, -0.2) is 0 Å². The van der Waals surface area contributed by atoms with Gasteiger partial charge in [0.05, 0.1) is 24.7 Å². The van der Waals surface area contributed by atoms with E-state index in [1.165, 1.54) is 0 Å². The summed E-state index contributed by atoms with van der Waals surface area (Å²) in [6.45, 7) is 3.08. The summed E-state index contributed by atoms with van der Waals surface area (Å²) >= 11 is 0. The van der Waals surface area contributed by atoms with Crippen LogP contribution in [0.25, 0.3) is 0 Å². The molecule has 0 aromatic carbocycles. The molecule has 3 rings (SSSR count). The largest absolute Gasteiger partial charge is 0.465 e. The number of aromatic nitrogens is 1. The molecule has 6 nitrogen and oxygen atoms in total. The summed E-state index contributed by atoms with van der Waals surface area (Å²) in [7, 11) is 0. The lowest BCUT2D eigenvalue weighted by Crippen LogP contribution is -2.32. The monoisotopic (exact) mass is 313 g/mol. The number of aryl methyl sites for hydroxylation is 1. The predicted octanol–water partition coefficient (Wildman–Crippen LogP) is 1.65. The molecule has 1 fully saturated rings. The number of likely N-dealkylation sites (tertiary alicyclic amines) is 1. The maximum absolute atomic E-state index is 12.2. The molecule has 0 radical (unpaired) electrons. The van der Waals surface area contributed by atoms with E-state index in [0.717, 1.165) is 11.5 Å². The van der Waals surface area contributed by atoms with Gasteiger partial charge in [0.1, 0.15) is 11.5 Å². The van der Waals surface area contributed by atoms with Gasteiger partial charge in [-0.15, -0.1) is 0 Å². The highest BCUT2D eigenvalue weighted by Crippen LogP contribution is 2.20. The van der Waals surface area contributed by atoms with Crippen LogP contribution in [-0.2, 0) is 22.7 Å². The standard InChI is InChI=1S/C17H19N3O3/c1-12-5-6-15(23-12)9-19-17(22)13-8-16(21)20(10-13)11-14-4-2-3-7-18-14/h2-7,13H,8-11H2,1H3,(H,19,22)/t13-/m1/s1. The Morgan fingerprint density at radius 3 is 2.96 bits per heavy atom. The average molecular weight is 313 g/mol. The number of carbonyl (C=O) groups is 2. The predicted molar refractivity (Wildman–Crippen MR) is 83.1 cm³/mol. The molecule has 120 valence electrons. The first-order valence-electron chi connectivity index (χ1n) is 7.62. The molecule has 2 aromatic heterocycles. The molecule has 0 spiro atoms. The van der Waals surface area contributed by atoms with Crippen molar-refractivity contribution in [2.45, 2.75) is 26.4 Å². The maximum Gasteiger partial charge on any atom is 0.225 e. The normalized spacial score (nSPS) is 17.5. The average Bonchev–Trinajstić information content (AvgIpc) is 3.12. The van der Waals surface area contributed by atoms with Gasteiger partial charge in [-0.2, -0.15) is 0 Å². The van der Waals surface area contributed by atoms with Gasteiger partial charge in [0.25, 0.3) is 0 Å². The SMILES string of the molecule is Cc1ccc(CNC(=O)[C@@H]2CC(=O)N(Cc3ccccn3)C2)o1. The van der Waals surface area contributed by atoms with Crippen LogP contribution in [0.1, 0.15) is 23.6 Å². The molecule has 1 N–H and O–H groups in total. The Bertz CT molecular complexity index is 696. The van der Waals surface area contributed by atoms with Crippen LogP contribution >= 0.6 is 0 Å². The molecular weight excluding hydrogens is 294 g/mol. The summed E-state index contributed by atoms with van der Waals surface area (Å²) in [6.07, 6.45) is 1.95. The van der Waals surface area contributed by atoms with Gasteiger partial charge in [-0.3, -0.25) is 14.6 Å². The molecule has 23 heavy (non-hydrogen) atoms. The molecule has 1 aliphatic rings. The van der Waals surface area contributed by atoms with Gasteiger partial charge < -0.3 is 14.6 Å². The van der Waals surface area contributed by atoms with E-state index in [1.54, 1.807) is 11.1 Å². The molecule has 0 bridgehead atoms. The zero-order valence-electron chi connectivity index (χ0n) is 13.0. The van der Waals surface area contributed by atoms with Crippen molar-refractivity contribution in [1.29, 1.82) is 0 Å². The van der Waals surface area contributed by atoms with E-state index in [1.807, 2.05) is 37.3 Å². The van der Waals surface area contributed by atoms with E-state index < -0.39 is 0 Å². The summed E-state index contributed by atoms with van der Waals surface area (Å²) in [4.78, 5) is 30.2. The minimum Gasteiger partial charge on any atom is -0.465 e. The second kappa shape index (κ2) is 6.64. The third-order valence-corrected chi connectivity index (χ3v) is 3.90. The zero-order valence-corrected chi connectivity index (χ0v) is 13.0. The van der Waals surface area contributed by atoms with Crippen LogP contribution in [0.4, 0.5) is 0 Å². The van der Waals surface area contributed by atoms with E-state index in [4.69, 9.17) is 4.42 Å². The number of nitrogens with one attached hydrogen (secondary N) is 1. The van der Waals surface area contributed by atoms with Crippen LogP contribution in [0.3, 0.4) is 0 Å². The molecule has 0 aliphatic carbocycles. The third-order valence-electron chi connectivity index (χ3n) is 3.90. The molecule has 2 aromatic rings. The second-order valence-electron chi connectivity index (χ2n) is 5.73. The maximum atomic E-state index is 12.2. The Hall–Kier alpha value is -2.63. The van der Waals surface area contributed by atoms with Crippen LogP contribution < -0.4 is 5.32 Å². The summed E-state index contributed by atoms with van der Waals surface area (Å²) in [5, 5.41) is 2.83. The van der Waals surface area contributed by atoms with Crippen LogP contribution in [0, 0.1) is 12.8 Å². The van der Waals surface area contributed by atoms with Crippen molar-refractivity contribution in [2.24, 2.45) is 5.92 Å². The number of furan rings is 1. The van der Waals surface area contributed by atoms with Crippen LogP contribution in [0.2, 0.25) is 0 Å². The van der Waals surface area contributed by atoms with Crippen LogP contribution in [0.5, 0.6) is 0 Å². The smallest absolute Gasteiger partial charge is 0.225 e. The summed E-state index contributed by atoms with van der Waals surface area (Å²) in [6, 6.07) is 9.29. The van der Waals surface area contributed by atoms with Gasteiger partial charge >= 0.3 is 0 Å². The summed E-state index contributed by atoms with van der Waals surface area (Å²) in [5.41, 5.74) is 0.827. The quantitative estimate of drug-likeness (QED) is 0.910. The van der Waals surface area contributed by atoms with Crippen molar-refractivity contribution in [3.63, 3.8) is 0 Å². The van der Waals surface area contributed by atoms with Crippen molar-refractivity contribution in [2.75, 3.05) is 6.54 Å². The highest BCUT2D eigenvalue weighted by Gasteiger charge is 2.34. The highest BCUT2D eigenvalue weighted by atomic mass is 16.3. The van der Waals surface area contributed by atoms with E-state index >= 15 is 0 Å². The number of hydrogen-bond donors (Lipinski definition) is 1. The first-order chi connectivity index (χ1) is 11.1. The summed E-state index contributed by atoms with van der Waals surface area (Å²) < 4.78 is 5.42. The van der Waals surface area contributed by atoms with Gasteiger partial charge in [0.2, 0.25) is 11.8 Å². The van der Waals surface area contributed by atoms with Crippen molar-refractivity contribution >= 4 is 11.8 Å². The van der Waals surface area contributed by atoms with Crippen molar-refractivity contribution in [3.05, 3.63) is 53.7 Å². The number of amides is 2. The molecule has 3 heterocycles. The minimum atomic E-state index is -0.317. The zero-order chi connectivity index (χ0) is 16.2. The Morgan fingerprint density at radius 2 is 2.26 bits per heavy atom. The lowest BCUT2D eigenvalue weighted by atomic mass is 10.1. The topological polar surface area (TPSA) is 75.4 Å². The third kappa shape index (κ3) is 3.77. The van der Waals surface area contributed by atoms with Crippen molar-refractivity contribution < 1.29 is 14.0 Å². The lowest BCUT2D eigenvalue weighted by Gasteiger charge is -2.15. The summed E-state index contributed by atoms with van der Waals surface area (Å²) in [5.74, 6) is 1.08. The highest BCUT2D eigenvalue weighted by molar-refractivity contribution is 5.89. The number of hydrogen-bond acceptors (Lipinski definition) is 4. The number of rotatable bonds is 5. The second-order valence-corrected chi connectivity index (χ2v) is 5.73. The Labute approximate surface area is 134 Å². The molecule has 0 unspecified atom stereocenters. The molecule has 2 amide bonds. The molecule has 1 atom stereocenters. The fourth-order valence-electron chi connectivity index (χ4n) is 2.69. The molecule has 6 heteroatoms. The van der Waals surface area contributed by atoms with Gasteiger partial charge in [0.15, 0.2) is 0 Å². The first-order valence-corrected chi connectivity index (χ1v) is 7.62. The fraction of sp³-hybridized carbons (Fsp3) is 0.353. The lowest BCUT2D eigenvalue weighted by molar-refractivity contribution is -0.129. The van der Waals surface area contributed by atoms with E-state index in [2.05, 4.69) is 10.3 Å². The number of carbonyl (C=O) groups excluding carboxylic acids is 2. The minimum absolute atomic E-state index is 0.00959. The van der Waals surface area contributed by atoms with Gasteiger partial charge in [-0.05, 0) is 31.2 Å². The van der Waals surface area contributed by atoms with Crippen molar-refractivity contribution in [1.82, 2.24) is 15.2 Å². The molecular formula is C17H19N3O3. The van der Waals surface area contributed by atoms with E-state index in [9.17, 15) is 9.59 Å². The number of nitrogens with zero attached hydrogens (tertiary/aromatic N) is 2.